The van der Waals surface area contributed by atoms with Crippen LogP contribution in [0.2, 0.25) is 0 Å². The van der Waals surface area contributed by atoms with Crippen molar-refractivity contribution in [2.24, 2.45) is 0 Å². The van der Waals surface area contributed by atoms with Crippen molar-refractivity contribution in [3.05, 3.63) is 30.3 Å². The normalized spacial score (nSPS) is 12.1. The van der Waals surface area contributed by atoms with Gasteiger partial charge in [0.15, 0.2) is 0 Å². The molecule has 0 unspecified atom stereocenters. The van der Waals surface area contributed by atoms with Gasteiger partial charge in [-0.15, -0.1) is 0 Å². The average molecular weight is 343 g/mol. The summed E-state index contributed by atoms with van der Waals surface area (Å²) in [5.74, 6) is -0.253. The number of phenols is 1. The zero-order valence-electron chi connectivity index (χ0n) is 10.2. The first-order chi connectivity index (χ1) is 8.59. The summed E-state index contributed by atoms with van der Waals surface area (Å²) in [6.45, 7) is 0. The van der Waals surface area contributed by atoms with E-state index in [4.69, 9.17) is 9.11 Å². The molecule has 10 heteroatoms. The van der Waals surface area contributed by atoms with Gasteiger partial charge < -0.3 is 5.11 Å². The van der Waals surface area contributed by atoms with Crippen molar-refractivity contribution in [2.45, 2.75) is 9.79 Å². The van der Waals surface area contributed by atoms with Crippen LogP contribution in [0.4, 0.5) is 0 Å². The third-order valence-electron chi connectivity index (χ3n) is 2.45. The standard InChI is InChI=1S/C10H8O7S2.K/c11-7-2-1-6-3-8(18(12,13)14)5-10(9(6)4-7)19(15,16)17;/h1-5,11H,(H,12,13,14)(H,15,16,17);. The number of fused-ring (bicyclic) bond motifs is 1. The van der Waals surface area contributed by atoms with Gasteiger partial charge in [-0.1, -0.05) is 6.07 Å². The van der Waals surface area contributed by atoms with Crippen molar-refractivity contribution < 1.29 is 31.0 Å². The Kier molecular flexibility index (Phi) is 5.39. The van der Waals surface area contributed by atoms with Crippen LogP contribution in [0.15, 0.2) is 40.1 Å². The van der Waals surface area contributed by atoms with E-state index >= 15 is 0 Å². The molecular formula is C10H8KO7S2. The molecule has 0 saturated heterocycles. The zero-order valence-corrected chi connectivity index (χ0v) is 14.9. The van der Waals surface area contributed by atoms with Crippen LogP contribution in [0.5, 0.6) is 5.75 Å². The fraction of sp³-hybridized carbons (Fsp3) is 0. The van der Waals surface area contributed by atoms with E-state index in [2.05, 4.69) is 0 Å². The Balaban J connectivity index is 0.00000200. The Morgan fingerprint density at radius 1 is 0.850 bits per heavy atom. The Morgan fingerprint density at radius 3 is 1.95 bits per heavy atom. The van der Waals surface area contributed by atoms with Crippen molar-refractivity contribution >= 4 is 82.4 Å². The van der Waals surface area contributed by atoms with Crippen molar-refractivity contribution in [2.75, 3.05) is 0 Å². The van der Waals surface area contributed by atoms with Gasteiger partial charge in [0.2, 0.25) is 0 Å². The maximum absolute atomic E-state index is 11.2. The van der Waals surface area contributed by atoms with Gasteiger partial charge in [-0.2, -0.15) is 16.8 Å². The van der Waals surface area contributed by atoms with Crippen LogP contribution in [0.1, 0.15) is 0 Å². The van der Waals surface area contributed by atoms with Gasteiger partial charge in [-0.3, -0.25) is 9.11 Å². The fourth-order valence-electron chi connectivity index (χ4n) is 1.65. The number of phenolic OH excluding ortho intramolecular Hbond substituents is 1. The third kappa shape index (κ3) is 3.78. The molecule has 0 fully saturated rings. The summed E-state index contributed by atoms with van der Waals surface area (Å²) in [6, 6.07) is 5.18. The number of benzene rings is 2. The first kappa shape index (κ1) is 18.0. The van der Waals surface area contributed by atoms with Crippen molar-refractivity contribution in [1.29, 1.82) is 0 Å². The molecule has 0 saturated carbocycles. The molecule has 20 heavy (non-hydrogen) atoms. The summed E-state index contributed by atoms with van der Waals surface area (Å²) in [4.78, 5) is -1.38. The minimum Gasteiger partial charge on any atom is -0.508 e. The van der Waals surface area contributed by atoms with Gasteiger partial charge in [0.25, 0.3) is 20.2 Å². The predicted molar refractivity (Wildman–Crippen MR) is 71.0 cm³/mol. The molecule has 2 rings (SSSR count). The van der Waals surface area contributed by atoms with Crippen molar-refractivity contribution in [3.8, 4) is 5.75 Å². The van der Waals surface area contributed by atoms with Crippen molar-refractivity contribution in [1.82, 2.24) is 0 Å². The largest absolute Gasteiger partial charge is 0.508 e. The van der Waals surface area contributed by atoms with Crippen LogP contribution in [-0.2, 0) is 20.2 Å². The summed E-state index contributed by atoms with van der Waals surface area (Å²) in [5.41, 5.74) is 0. The van der Waals surface area contributed by atoms with Crippen LogP contribution >= 0.6 is 0 Å². The molecule has 2 aromatic carbocycles. The molecule has 0 aromatic heterocycles. The molecule has 2 aromatic rings. The molecule has 0 amide bonds. The summed E-state index contributed by atoms with van der Waals surface area (Å²) >= 11 is 0. The van der Waals surface area contributed by atoms with Crippen LogP contribution in [-0.4, -0.2) is 82.4 Å². The molecule has 7 nitrogen and oxygen atoms in total. The summed E-state index contributed by atoms with van der Waals surface area (Å²) in [7, 11) is -9.34. The van der Waals surface area contributed by atoms with Gasteiger partial charge in [-0.05, 0) is 29.7 Å². The van der Waals surface area contributed by atoms with E-state index in [-0.39, 0.29) is 67.9 Å². The minimum absolute atomic E-state index is 0. The molecule has 0 bridgehead atoms. The Labute approximate surface area is 157 Å². The van der Waals surface area contributed by atoms with Gasteiger partial charge in [0.05, 0.1) is 4.90 Å². The average Bonchev–Trinajstić information content (AvgIpc) is 2.24. The van der Waals surface area contributed by atoms with E-state index in [1.165, 1.54) is 12.1 Å². The smallest absolute Gasteiger partial charge is 0.295 e. The van der Waals surface area contributed by atoms with E-state index in [1.807, 2.05) is 0 Å². The fourth-order valence-corrected chi connectivity index (χ4v) is 3.00. The second kappa shape index (κ2) is 5.99. The summed E-state index contributed by atoms with van der Waals surface area (Å²) in [5, 5.41) is 9.37. The molecule has 0 atom stereocenters. The molecule has 0 spiro atoms. The second-order valence-electron chi connectivity index (χ2n) is 3.78. The maximum Gasteiger partial charge on any atom is 0.295 e. The molecule has 0 aliphatic rings. The number of aromatic hydroxyl groups is 1. The SMILES string of the molecule is O=S(=O)(O)c1cc(S(=O)(=O)O)c2cc(O)ccc2c1.[K]. The molecule has 0 aliphatic heterocycles. The van der Waals surface area contributed by atoms with Gasteiger partial charge in [0.1, 0.15) is 10.6 Å². The Morgan fingerprint density at radius 2 is 1.45 bits per heavy atom. The van der Waals surface area contributed by atoms with E-state index in [0.717, 1.165) is 12.1 Å². The quantitative estimate of drug-likeness (QED) is 0.539. The van der Waals surface area contributed by atoms with Gasteiger partial charge >= 0.3 is 0 Å². The summed E-state index contributed by atoms with van der Waals surface area (Å²) in [6.07, 6.45) is 0. The maximum atomic E-state index is 11.2. The molecule has 103 valence electrons. The van der Waals surface area contributed by atoms with Crippen LogP contribution in [0.3, 0.4) is 0 Å². The number of hydrogen-bond acceptors (Lipinski definition) is 5. The first-order valence-corrected chi connectivity index (χ1v) is 7.69. The predicted octanol–water partition coefficient (Wildman–Crippen LogP) is 0.658. The molecular weight excluding hydrogens is 335 g/mol. The minimum atomic E-state index is -4.72. The molecule has 0 heterocycles. The van der Waals surface area contributed by atoms with Crippen LogP contribution in [0.25, 0.3) is 10.8 Å². The van der Waals surface area contributed by atoms with E-state index in [9.17, 15) is 21.9 Å². The van der Waals surface area contributed by atoms with Gasteiger partial charge in [-0.25, -0.2) is 0 Å². The summed E-state index contributed by atoms with van der Waals surface area (Å²) < 4.78 is 62.6. The first-order valence-electron chi connectivity index (χ1n) is 4.81. The third-order valence-corrected chi connectivity index (χ3v) is 4.17. The van der Waals surface area contributed by atoms with Gasteiger partial charge in [0, 0.05) is 56.8 Å². The molecule has 0 aliphatic carbocycles. The van der Waals surface area contributed by atoms with Crippen LogP contribution < -0.4 is 0 Å². The monoisotopic (exact) mass is 343 g/mol. The zero-order chi connectivity index (χ0) is 14.4. The van der Waals surface area contributed by atoms with Crippen LogP contribution in [0, 0.1) is 0 Å². The molecule has 1 radical (unpaired) electrons. The van der Waals surface area contributed by atoms with E-state index in [1.54, 1.807) is 0 Å². The Hall–Kier alpha value is -0.0436. The number of rotatable bonds is 2. The number of hydrogen-bond donors (Lipinski definition) is 3. The molecule has 3 N–H and O–H groups in total. The van der Waals surface area contributed by atoms with Crippen molar-refractivity contribution in [3.63, 3.8) is 0 Å². The second-order valence-corrected chi connectivity index (χ2v) is 6.59. The van der Waals surface area contributed by atoms with E-state index in [0.29, 0.717) is 6.07 Å². The Bertz CT molecular complexity index is 872. The van der Waals surface area contributed by atoms with E-state index < -0.39 is 30.0 Å². The topological polar surface area (TPSA) is 129 Å².